The molecule has 0 bridgehead atoms. The maximum Gasteiger partial charge on any atom is 0.137 e. The predicted molar refractivity (Wildman–Crippen MR) is 85.1 cm³/mol. The highest BCUT2D eigenvalue weighted by Crippen LogP contribution is 2.26. The lowest BCUT2D eigenvalue weighted by Crippen LogP contribution is -2.06. The van der Waals surface area contributed by atoms with Crippen molar-refractivity contribution in [1.82, 2.24) is 20.2 Å². The molecule has 0 atom stereocenters. The molecule has 0 fully saturated rings. The van der Waals surface area contributed by atoms with E-state index >= 15 is 0 Å². The Morgan fingerprint density at radius 1 is 1.19 bits per heavy atom. The van der Waals surface area contributed by atoms with Crippen LogP contribution in [-0.4, -0.2) is 26.7 Å². The van der Waals surface area contributed by atoms with Gasteiger partial charge in [-0.2, -0.15) is 5.10 Å². The van der Waals surface area contributed by atoms with Gasteiger partial charge in [-0.1, -0.05) is 19.9 Å². The summed E-state index contributed by atoms with van der Waals surface area (Å²) in [5, 5.41) is 11.3. The van der Waals surface area contributed by atoms with Gasteiger partial charge in [-0.3, -0.25) is 5.10 Å². The van der Waals surface area contributed by atoms with Crippen molar-refractivity contribution in [2.24, 2.45) is 5.92 Å². The first-order valence-corrected chi connectivity index (χ1v) is 7.22. The number of aromatic nitrogens is 4. The molecule has 21 heavy (non-hydrogen) atoms. The quantitative estimate of drug-likeness (QED) is 0.751. The monoisotopic (exact) mass is 281 g/mol. The van der Waals surface area contributed by atoms with Crippen molar-refractivity contribution < 1.29 is 0 Å². The maximum absolute atomic E-state index is 4.38. The van der Waals surface area contributed by atoms with Crippen LogP contribution < -0.4 is 5.32 Å². The van der Waals surface area contributed by atoms with Crippen LogP contribution in [0.4, 0.5) is 5.82 Å². The smallest absolute Gasteiger partial charge is 0.137 e. The zero-order valence-electron chi connectivity index (χ0n) is 12.3. The number of rotatable bonds is 5. The van der Waals surface area contributed by atoms with Crippen molar-refractivity contribution in [3.8, 4) is 11.1 Å². The summed E-state index contributed by atoms with van der Waals surface area (Å²) in [6, 6.07) is 6.18. The second kappa shape index (κ2) is 5.91. The minimum Gasteiger partial charge on any atom is -0.369 e. The molecule has 3 rings (SSSR count). The van der Waals surface area contributed by atoms with Crippen molar-refractivity contribution in [3.63, 3.8) is 0 Å². The highest BCUT2D eigenvalue weighted by Gasteiger charge is 2.06. The molecule has 0 unspecified atom stereocenters. The van der Waals surface area contributed by atoms with Gasteiger partial charge in [0.2, 0.25) is 0 Å². The molecule has 0 aliphatic carbocycles. The Kier molecular flexibility index (Phi) is 3.81. The fourth-order valence-electron chi connectivity index (χ4n) is 2.27. The van der Waals surface area contributed by atoms with Gasteiger partial charge in [0.05, 0.1) is 11.7 Å². The van der Waals surface area contributed by atoms with E-state index in [0.29, 0.717) is 5.92 Å². The Morgan fingerprint density at radius 2 is 2.10 bits per heavy atom. The number of benzene rings is 1. The highest BCUT2D eigenvalue weighted by atomic mass is 15.1. The average molecular weight is 281 g/mol. The number of anilines is 1. The van der Waals surface area contributed by atoms with Gasteiger partial charge in [0.1, 0.15) is 12.1 Å². The summed E-state index contributed by atoms with van der Waals surface area (Å²) in [6.45, 7) is 5.35. The van der Waals surface area contributed by atoms with Crippen molar-refractivity contribution >= 4 is 16.7 Å². The molecule has 0 aliphatic heterocycles. The van der Waals surface area contributed by atoms with Gasteiger partial charge in [-0.25, -0.2) is 9.97 Å². The van der Waals surface area contributed by atoms with Crippen molar-refractivity contribution in [1.29, 1.82) is 0 Å². The van der Waals surface area contributed by atoms with Gasteiger partial charge in [-0.15, -0.1) is 0 Å². The molecule has 2 heterocycles. The normalized spacial score (nSPS) is 11.2. The molecule has 0 aliphatic rings. The predicted octanol–water partition coefficient (Wildman–Crippen LogP) is 3.48. The Bertz CT molecular complexity index is 719. The van der Waals surface area contributed by atoms with E-state index in [1.165, 1.54) is 0 Å². The van der Waals surface area contributed by atoms with E-state index in [1.807, 2.05) is 18.5 Å². The molecule has 108 valence electrons. The summed E-state index contributed by atoms with van der Waals surface area (Å²) in [4.78, 5) is 8.71. The summed E-state index contributed by atoms with van der Waals surface area (Å²) >= 11 is 0. The minimum atomic E-state index is 0.673. The van der Waals surface area contributed by atoms with Gasteiger partial charge in [0, 0.05) is 23.7 Å². The molecule has 0 saturated carbocycles. The van der Waals surface area contributed by atoms with E-state index in [-0.39, 0.29) is 0 Å². The van der Waals surface area contributed by atoms with Crippen LogP contribution in [0.1, 0.15) is 20.3 Å². The summed E-state index contributed by atoms with van der Waals surface area (Å²) in [7, 11) is 0. The van der Waals surface area contributed by atoms with E-state index < -0.39 is 0 Å². The second-order valence-corrected chi connectivity index (χ2v) is 5.55. The molecule has 1 aromatic carbocycles. The van der Waals surface area contributed by atoms with Crippen LogP contribution in [0.15, 0.2) is 36.9 Å². The molecule has 0 spiro atoms. The summed E-state index contributed by atoms with van der Waals surface area (Å²) < 4.78 is 0. The van der Waals surface area contributed by atoms with Gasteiger partial charge < -0.3 is 5.32 Å². The maximum atomic E-state index is 4.38. The van der Waals surface area contributed by atoms with Crippen LogP contribution in [0.3, 0.4) is 0 Å². The van der Waals surface area contributed by atoms with Crippen LogP contribution in [0.2, 0.25) is 0 Å². The Morgan fingerprint density at radius 3 is 2.86 bits per heavy atom. The van der Waals surface area contributed by atoms with Crippen molar-refractivity contribution in [2.75, 3.05) is 11.9 Å². The van der Waals surface area contributed by atoms with Gasteiger partial charge in [-0.05, 0) is 30.0 Å². The summed E-state index contributed by atoms with van der Waals surface area (Å²) in [6.07, 6.45) is 6.43. The first-order valence-electron chi connectivity index (χ1n) is 7.22. The molecule has 2 N–H and O–H groups in total. The molecule has 3 aromatic rings. The third-order valence-electron chi connectivity index (χ3n) is 3.48. The summed E-state index contributed by atoms with van der Waals surface area (Å²) in [5.74, 6) is 1.57. The van der Waals surface area contributed by atoms with Crippen LogP contribution in [0, 0.1) is 5.92 Å². The number of H-pyrrole nitrogens is 1. The lowest BCUT2D eigenvalue weighted by Gasteiger charge is -2.10. The van der Waals surface area contributed by atoms with E-state index in [1.54, 1.807) is 6.33 Å². The fraction of sp³-hybridized carbons (Fsp3) is 0.312. The number of nitrogens with zero attached hydrogens (tertiary/aromatic N) is 3. The van der Waals surface area contributed by atoms with Crippen molar-refractivity contribution in [3.05, 3.63) is 36.9 Å². The van der Waals surface area contributed by atoms with Gasteiger partial charge in [0.25, 0.3) is 0 Å². The Labute approximate surface area is 123 Å². The first kappa shape index (κ1) is 13.5. The minimum absolute atomic E-state index is 0.673. The third-order valence-corrected chi connectivity index (χ3v) is 3.48. The Balaban J connectivity index is 1.94. The Hall–Kier alpha value is -2.43. The summed E-state index contributed by atoms with van der Waals surface area (Å²) in [5.41, 5.74) is 3.12. The van der Waals surface area contributed by atoms with Crippen LogP contribution in [0.5, 0.6) is 0 Å². The first-order chi connectivity index (χ1) is 10.2. The molecule has 5 nitrogen and oxygen atoms in total. The SMILES string of the molecule is CC(C)CCNc1ncnc2ccc(-c3cn[nH]c3)cc12. The number of nitrogens with one attached hydrogen (secondary N) is 2. The molecular formula is C16H19N5. The topological polar surface area (TPSA) is 66.5 Å². The van der Waals surface area contributed by atoms with E-state index in [0.717, 1.165) is 40.8 Å². The van der Waals surface area contributed by atoms with Crippen LogP contribution in [-0.2, 0) is 0 Å². The van der Waals surface area contributed by atoms with E-state index in [2.05, 4.69) is 51.5 Å². The average Bonchev–Trinajstić information content (AvgIpc) is 3.01. The van der Waals surface area contributed by atoms with E-state index in [9.17, 15) is 0 Å². The molecule has 5 heteroatoms. The largest absolute Gasteiger partial charge is 0.369 e. The van der Waals surface area contributed by atoms with Gasteiger partial charge in [0.15, 0.2) is 0 Å². The van der Waals surface area contributed by atoms with Gasteiger partial charge >= 0.3 is 0 Å². The number of fused-ring (bicyclic) bond motifs is 1. The zero-order valence-corrected chi connectivity index (χ0v) is 12.3. The molecule has 2 aromatic heterocycles. The molecule has 0 saturated heterocycles. The standard InChI is InChI=1S/C16H19N5/c1-11(2)5-6-17-16-14-7-12(13-8-20-21-9-13)3-4-15(14)18-10-19-16/h3-4,7-11H,5-6H2,1-2H3,(H,20,21)(H,17,18,19). The van der Waals surface area contributed by atoms with Crippen LogP contribution >= 0.6 is 0 Å². The molecular weight excluding hydrogens is 262 g/mol. The number of hydrogen-bond acceptors (Lipinski definition) is 4. The lowest BCUT2D eigenvalue weighted by molar-refractivity contribution is 0.607. The molecule has 0 amide bonds. The third kappa shape index (κ3) is 3.02. The van der Waals surface area contributed by atoms with Crippen LogP contribution in [0.25, 0.3) is 22.0 Å². The van der Waals surface area contributed by atoms with E-state index in [4.69, 9.17) is 0 Å². The molecule has 0 radical (unpaired) electrons. The number of aromatic amines is 1. The lowest BCUT2D eigenvalue weighted by atomic mass is 10.1. The number of hydrogen-bond donors (Lipinski definition) is 2. The fourth-order valence-corrected chi connectivity index (χ4v) is 2.27. The second-order valence-electron chi connectivity index (χ2n) is 5.55. The zero-order chi connectivity index (χ0) is 14.7. The highest BCUT2D eigenvalue weighted by molar-refractivity contribution is 5.92. The van der Waals surface area contributed by atoms with Crippen molar-refractivity contribution in [2.45, 2.75) is 20.3 Å².